The fraction of sp³-hybridized carbons (Fsp3) is 0.417. The molecule has 1 aliphatic carbocycles. The van der Waals surface area contributed by atoms with Crippen LogP contribution in [0.25, 0.3) is 0 Å². The molecule has 0 spiro atoms. The van der Waals surface area contributed by atoms with Gasteiger partial charge in [0.1, 0.15) is 0 Å². The van der Waals surface area contributed by atoms with Gasteiger partial charge >= 0.3 is 0 Å². The van der Waals surface area contributed by atoms with Gasteiger partial charge in [-0.3, -0.25) is 14.5 Å². The minimum absolute atomic E-state index is 0.0787. The summed E-state index contributed by atoms with van der Waals surface area (Å²) in [7, 11) is 0. The fourth-order valence-corrected chi connectivity index (χ4v) is 4.13. The van der Waals surface area contributed by atoms with E-state index < -0.39 is 0 Å². The van der Waals surface area contributed by atoms with Crippen molar-refractivity contribution in [2.24, 2.45) is 0 Å². The second-order valence-electron chi connectivity index (χ2n) is 8.21. The van der Waals surface area contributed by atoms with Gasteiger partial charge in [0.2, 0.25) is 5.91 Å². The van der Waals surface area contributed by atoms with Gasteiger partial charge in [0.15, 0.2) is 0 Å². The second kappa shape index (κ2) is 8.78. The summed E-state index contributed by atoms with van der Waals surface area (Å²) in [5.41, 5.74) is 2.19. The van der Waals surface area contributed by atoms with E-state index in [2.05, 4.69) is 34.5 Å². The second-order valence-corrected chi connectivity index (χ2v) is 8.21. The van der Waals surface area contributed by atoms with Gasteiger partial charge in [0.25, 0.3) is 5.91 Å². The maximum absolute atomic E-state index is 12.7. The van der Waals surface area contributed by atoms with Crippen molar-refractivity contribution in [2.45, 2.75) is 24.7 Å². The highest BCUT2D eigenvalue weighted by Gasteiger charge is 2.44. The van der Waals surface area contributed by atoms with Crippen molar-refractivity contribution < 1.29 is 9.59 Å². The zero-order chi connectivity index (χ0) is 20.1. The molecular weight excluding hydrogens is 362 g/mol. The normalized spacial score (nSPS) is 18.7. The Morgan fingerprint density at radius 2 is 1.55 bits per heavy atom. The Bertz CT molecular complexity index is 834. The van der Waals surface area contributed by atoms with Gasteiger partial charge in [-0.2, -0.15) is 0 Å². The maximum Gasteiger partial charge on any atom is 0.253 e. The van der Waals surface area contributed by atoms with E-state index in [0.29, 0.717) is 19.6 Å². The predicted octanol–water partition coefficient (Wildman–Crippen LogP) is 2.68. The van der Waals surface area contributed by atoms with E-state index in [1.54, 1.807) is 0 Å². The van der Waals surface area contributed by atoms with Gasteiger partial charge in [0, 0.05) is 43.7 Å². The Morgan fingerprint density at radius 1 is 0.862 bits per heavy atom. The monoisotopic (exact) mass is 391 g/mol. The van der Waals surface area contributed by atoms with Gasteiger partial charge in [-0.25, -0.2) is 0 Å². The molecule has 0 unspecified atom stereocenters. The number of carbonyl (C=O) groups is 2. The summed E-state index contributed by atoms with van der Waals surface area (Å²) in [5, 5.41) is 3.15. The highest BCUT2D eigenvalue weighted by Crippen LogP contribution is 2.47. The van der Waals surface area contributed by atoms with Crippen molar-refractivity contribution in [3.63, 3.8) is 0 Å². The average molecular weight is 392 g/mol. The van der Waals surface area contributed by atoms with Crippen molar-refractivity contribution in [3.8, 4) is 0 Å². The van der Waals surface area contributed by atoms with Crippen LogP contribution in [0.5, 0.6) is 0 Å². The summed E-state index contributed by atoms with van der Waals surface area (Å²) >= 11 is 0. The van der Waals surface area contributed by atoms with E-state index in [-0.39, 0.29) is 17.2 Å². The van der Waals surface area contributed by atoms with Crippen molar-refractivity contribution in [1.82, 2.24) is 15.1 Å². The van der Waals surface area contributed by atoms with Crippen LogP contribution in [0, 0.1) is 0 Å². The molecule has 2 aromatic rings. The number of carbonyl (C=O) groups excluding carboxylic acids is 2. The van der Waals surface area contributed by atoms with Gasteiger partial charge in [-0.05, 0) is 37.0 Å². The summed E-state index contributed by atoms with van der Waals surface area (Å²) in [6, 6.07) is 19.9. The van der Waals surface area contributed by atoms with Crippen LogP contribution in [-0.4, -0.2) is 60.9 Å². The highest BCUT2D eigenvalue weighted by molar-refractivity contribution is 5.94. The highest BCUT2D eigenvalue weighted by atomic mass is 16.2. The van der Waals surface area contributed by atoms with Crippen LogP contribution in [0.3, 0.4) is 0 Å². The zero-order valence-electron chi connectivity index (χ0n) is 16.8. The number of hydrogen-bond donors (Lipinski definition) is 1. The summed E-state index contributed by atoms with van der Waals surface area (Å²) in [6.45, 7) is 4.09. The minimum atomic E-state index is 0.0787. The lowest BCUT2D eigenvalue weighted by Gasteiger charge is -2.22. The van der Waals surface area contributed by atoms with E-state index in [9.17, 15) is 9.59 Å². The molecule has 5 nitrogen and oxygen atoms in total. The first kappa shape index (κ1) is 19.6. The molecule has 2 aromatic carbocycles. The van der Waals surface area contributed by atoms with Crippen LogP contribution in [0.4, 0.5) is 0 Å². The Balaban J connectivity index is 1.25. The van der Waals surface area contributed by atoms with Gasteiger partial charge in [-0.15, -0.1) is 0 Å². The fourth-order valence-electron chi connectivity index (χ4n) is 4.13. The minimum Gasteiger partial charge on any atom is -0.354 e. The first-order chi connectivity index (χ1) is 14.2. The van der Waals surface area contributed by atoms with Gasteiger partial charge in [0.05, 0.1) is 6.54 Å². The van der Waals surface area contributed by atoms with E-state index in [4.69, 9.17) is 0 Å². The molecule has 0 aromatic heterocycles. The lowest BCUT2D eigenvalue weighted by atomic mass is 9.96. The molecule has 4 rings (SSSR count). The SMILES string of the molecule is O=C(CN1CCCN(C(=O)c2ccccc2)CC1)NCC1(c2ccccc2)CC1. The number of hydrogen-bond acceptors (Lipinski definition) is 3. The number of nitrogens with one attached hydrogen (secondary N) is 1. The molecule has 0 radical (unpaired) electrons. The van der Waals surface area contributed by atoms with Crippen LogP contribution in [0.2, 0.25) is 0 Å². The quantitative estimate of drug-likeness (QED) is 0.824. The number of rotatable bonds is 6. The molecule has 1 saturated heterocycles. The standard InChI is InChI=1S/C24H29N3O2/c28-22(25-19-24(12-13-24)21-10-5-2-6-11-21)18-26-14-7-15-27(17-16-26)23(29)20-8-3-1-4-9-20/h1-6,8-11H,7,12-19H2,(H,25,28). The Labute approximate surface area is 172 Å². The molecular formula is C24H29N3O2. The van der Waals surface area contributed by atoms with Crippen LogP contribution in [0.15, 0.2) is 60.7 Å². The molecule has 2 fully saturated rings. The van der Waals surface area contributed by atoms with Crippen molar-refractivity contribution in [2.75, 3.05) is 39.3 Å². The molecule has 0 bridgehead atoms. The first-order valence-corrected chi connectivity index (χ1v) is 10.6. The molecule has 1 N–H and O–H groups in total. The van der Waals surface area contributed by atoms with Crippen LogP contribution in [-0.2, 0) is 10.2 Å². The van der Waals surface area contributed by atoms with Crippen molar-refractivity contribution in [1.29, 1.82) is 0 Å². The summed E-state index contributed by atoms with van der Waals surface area (Å²) in [6.07, 6.45) is 3.16. The molecule has 152 valence electrons. The zero-order valence-corrected chi connectivity index (χ0v) is 16.8. The van der Waals surface area contributed by atoms with E-state index in [0.717, 1.165) is 44.5 Å². The van der Waals surface area contributed by atoms with Crippen molar-refractivity contribution in [3.05, 3.63) is 71.8 Å². The molecule has 1 heterocycles. The number of benzene rings is 2. The summed E-state index contributed by atoms with van der Waals surface area (Å²) < 4.78 is 0. The van der Waals surface area contributed by atoms with Crippen LogP contribution < -0.4 is 5.32 Å². The Morgan fingerprint density at radius 3 is 2.24 bits per heavy atom. The third-order valence-corrected chi connectivity index (χ3v) is 6.13. The third kappa shape index (κ3) is 4.85. The average Bonchev–Trinajstić information content (AvgIpc) is 3.58. The number of nitrogens with zero attached hydrogens (tertiary/aromatic N) is 2. The predicted molar refractivity (Wildman–Crippen MR) is 114 cm³/mol. The molecule has 1 saturated carbocycles. The topological polar surface area (TPSA) is 52.7 Å². The Hall–Kier alpha value is -2.66. The lowest BCUT2D eigenvalue weighted by Crippen LogP contribution is -2.42. The van der Waals surface area contributed by atoms with Crippen LogP contribution in [0.1, 0.15) is 35.2 Å². The molecule has 0 atom stereocenters. The number of amides is 2. The largest absolute Gasteiger partial charge is 0.354 e. The first-order valence-electron chi connectivity index (χ1n) is 10.6. The Kier molecular flexibility index (Phi) is 5.95. The van der Waals surface area contributed by atoms with Gasteiger partial charge < -0.3 is 10.2 Å². The van der Waals surface area contributed by atoms with Crippen LogP contribution >= 0.6 is 0 Å². The lowest BCUT2D eigenvalue weighted by molar-refractivity contribution is -0.122. The molecule has 2 aliphatic rings. The van der Waals surface area contributed by atoms with Crippen molar-refractivity contribution >= 4 is 11.8 Å². The van der Waals surface area contributed by atoms with E-state index in [1.165, 1.54) is 5.56 Å². The third-order valence-electron chi connectivity index (χ3n) is 6.13. The molecule has 5 heteroatoms. The molecule has 2 amide bonds. The molecule has 1 aliphatic heterocycles. The summed E-state index contributed by atoms with van der Waals surface area (Å²) in [4.78, 5) is 29.3. The van der Waals surface area contributed by atoms with Gasteiger partial charge in [-0.1, -0.05) is 48.5 Å². The van der Waals surface area contributed by atoms with E-state index >= 15 is 0 Å². The summed E-state index contributed by atoms with van der Waals surface area (Å²) in [5.74, 6) is 0.158. The van der Waals surface area contributed by atoms with E-state index in [1.807, 2.05) is 41.3 Å². The molecule has 29 heavy (non-hydrogen) atoms. The smallest absolute Gasteiger partial charge is 0.253 e. The maximum atomic E-state index is 12.7.